The molecule has 2 aromatic rings. The van der Waals surface area contributed by atoms with Gasteiger partial charge in [0.1, 0.15) is 5.69 Å². The molecule has 1 aromatic carbocycles. The number of carboxylic acids is 1. The van der Waals surface area contributed by atoms with Crippen molar-refractivity contribution in [2.24, 2.45) is 7.05 Å². The summed E-state index contributed by atoms with van der Waals surface area (Å²) in [5, 5.41) is 9.04. The minimum Gasteiger partial charge on any atom is -0.478 e. The van der Waals surface area contributed by atoms with E-state index in [1.165, 1.54) is 13.0 Å². The molecule has 1 aliphatic rings. The SMILES string of the molecule is CC(=O)c1cc(C(=O)N2CCc3cc(C(=O)O)ccc32)n(C)c1. The second kappa shape index (κ2) is 5.39. The van der Waals surface area contributed by atoms with Crippen LogP contribution in [0.5, 0.6) is 0 Å². The summed E-state index contributed by atoms with van der Waals surface area (Å²) in [6.07, 6.45) is 2.26. The van der Waals surface area contributed by atoms with Gasteiger partial charge in [-0.3, -0.25) is 9.59 Å². The van der Waals surface area contributed by atoms with E-state index in [0.29, 0.717) is 24.2 Å². The number of benzene rings is 1. The molecule has 6 nitrogen and oxygen atoms in total. The average Bonchev–Trinajstić information content (AvgIpc) is 3.09. The van der Waals surface area contributed by atoms with Crippen LogP contribution < -0.4 is 4.90 Å². The Morgan fingerprint density at radius 3 is 2.48 bits per heavy atom. The molecule has 0 atom stereocenters. The van der Waals surface area contributed by atoms with Crippen molar-refractivity contribution in [3.05, 3.63) is 52.8 Å². The predicted octanol–water partition coefficient (Wildman–Crippen LogP) is 2.13. The van der Waals surface area contributed by atoms with Gasteiger partial charge in [0.25, 0.3) is 5.91 Å². The second-order valence-corrected chi connectivity index (χ2v) is 5.64. The lowest BCUT2D eigenvalue weighted by Gasteiger charge is -2.17. The molecule has 0 bridgehead atoms. The van der Waals surface area contributed by atoms with Crippen LogP contribution in [-0.2, 0) is 13.5 Å². The molecule has 1 amide bonds. The van der Waals surface area contributed by atoms with Crippen molar-refractivity contribution in [2.75, 3.05) is 11.4 Å². The van der Waals surface area contributed by atoms with Gasteiger partial charge in [-0.2, -0.15) is 0 Å². The van der Waals surface area contributed by atoms with Crippen LogP contribution in [0.4, 0.5) is 5.69 Å². The van der Waals surface area contributed by atoms with E-state index in [1.54, 1.807) is 40.9 Å². The Hall–Kier alpha value is -2.89. The predicted molar refractivity (Wildman–Crippen MR) is 84.2 cm³/mol. The number of nitrogens with zero attached hydrogens (tertiary/aromatic N) is 2. The fraction of sp³-hybridized carbons (Fsp3) is 0.235. The minimum absolute atomic E-state index is 0.0902. The quantitative estimate of drug-likeness (QED) is 0.881. The second-order valence-electron chi connectivity index (χ2n) is 5.64. The number of ketones is 1. The number of rotatable bonds is 3. The van der Waals surface area contributed by atoms with E-state index in [4.69, 9.17) is 5.11 Å². The zero-order valence-corrected chi connectivity index (χ0v) is 12.9. The molecule has 0 saturated heterocycles. The number of carbonyl (C=O) groups is 3. The van der Waals surface area contributed by atoms with Gasteiger partial charge in [-0.15, -0.1) is 0 Å². The normalized spacial score (nSPS) is 13.0. The molecular formula is C17H16N2O4. The largest absolute Gasteiger partial charge is 0.478 e. The number of Topliss-reactive ketones (excluding diaryl/α,β-unsaturated/α-hetero) is 1. The monoisotopic (exact) mass is 312 g/mol. The van der Waals surface area contributed by atoms with E-state index >= 15 is 0 Å². The Morgan fingerprint density at radius 1 is 1.13 bits per heavy atom. The third-order valence-corrected chi connectivity index (χ3v) is 4.10. The number of aromatic nitrogens is 1. The number of hydrogen-bond donors (Lipinski definition) is 1. The van der Waals surface area contributed by atoms with Crippen molar-refractivity contribution in [3.8, 4) is 0 Å². The Bertz CT molecular complexity index is 835. The fourth-order valence-corrected chi connectivity index (χ4v) is 2.85. The van der Waals surface area contributed by atoms with Crippen LogP contribution in [0.3, 0.4) is 0 Å². The topological polar surface area (TPSA) is 79.6 Å². The molecule has 2 heterocycles. The van der Waals surface area contributed by atoms with E-state index in [9.17, 15) is 14.4 Å². The Morgan fingerprint density at radius 2 is 1.87 bits per heavy atom. The van der Waals surface area contributed by atoms with Crippen LogP contribution in [-0.4, -0.2) is 33.9 Å². The number of carboxylic acid groups (broad SMARTS) is 1. The first kappa shape index (κ1) is 15.0. The zero-order chi connectivity index (χ0) is 16.7. The van der Waals surface area contributed by atoms with Gasteiger partial charge < -0.3 is 14.6 Å². The third-order valence-electron chi connectivity index (χ3n) is 4.10. The van der Waals surface area contributed by atoms with Crippen molar-refractivity contribution in [1.82, 2.24) is 4.57 Å². The Balaban J connectivity index is 1.95. The van der Waals surface area contributed by atoms with Crippen LogP contribution >= 0.6 is 0 Å². The first-order chi connectivity index (χ1) is 10.9. The molecular weight excluding hydrogens is 296 g/mol. The van der Waals surface area contributed by atoms with Gasteiger partial charge in [0.15, 0.2) is 5.78 Å². The summed E-state index contributed by atoms with van der Waals surface area (Å²) in [5.41, 5.74) is 2.72. The molecule has 0 spiro atoms. The maximum absolute atomic E-state index is 12.8. The van der Waals surface area contributed by atoms with Crippen molar-refractivity contribution >= 4 is 23.3 Å². The zero-order valence-electron chi connectivity index (χ0n) is 12.9. The highest BCUT2D eigenvalue weighted by molar-refractivity contribution is 6.08. The smallest absolute Gasteiger partial charge is 0.335 e. The molecule has 118 valence electrons. The van der Waals surface area contributed by atoms with Gasteiger partial charge >= 0.3 is 5.97 Å². The molecule has 1 N–H and O–H groups in total. The van der Waals surface area contributed by atoms with Crippen LogP contribution in [0.15, 0.2) is 30.5 Å². The summed E-state index contributed by atoms with van der Waals surface area (Å²) in [7, 11) is 1.73. The summed E-state index contributed by atoms with van der Waals surface area (Å²) in [4.78, 5) is 36.9. The van der Waals surface area contributed by atoms with Gasteiger partial charge in [-0.25, -0.2) is 4.79 Å². The van der Waals surface area contributed by atoms with E-state index < -0.39 is 5.97 Å². The molecule has 6 heteroatoms. The molecule has 1 aliphatic heterocycles. The molecule has 0 saturated carbocycles. The van der Waals surface area contributed by atoms with Gasteiger partial charge in [0.05, 0.1) is 5.56 Å². The minimum atomic E-state index is -0.980. The molecule has 23 heavy (non-hydrogen) atoms. The lowest BCUT2D eigenvalue weighted by molar-refractivity contribution is 0.0696. The summed E-state index contributed by atoms with van der Waals surface area (Å²) < 4.78 is 1.64. The Kier molecular flexibility index (Phi) is 3.52. The van der Waals surface area contributed by atoms with Gasteiger partial charge in [-0.1, -0.05) is 0 Å². The molecule has 0 aliphatic carbocycles. The van der Waals surface area contributed by atoms with Gasteiger partial charge in [0, 0.05) is 31.0 Å². The average molecular weight is 312 g/mol. The molecule has 1 aromatic heterocycles. The number of aryl methyl sites for hydroxylation is 1. The Labute approximate surface area is 132 Å². The van der Waals surface area contributed by atoms with Crippen LogP contribution in [0, 0.1) is 0 Å². The molecule has 0 unspecified atom stereocenters. The first-order valence-electron chi connectivity index (χ1n) is 7.24. The summed E-state index contributed by atoms with van der Waals surface area (Å²) in [6, 6.07) is 6.36. The number of hydrogen-bond acceptors (Lipinski definition) is 3. The fourth-order valence-electron chi connectivity index (χ4n) is 2.85. The van der Waals surface area contributed by atoms with E-state index in [0.717, 1.165) is 11.3 Å². The van der Waals surface area contributed by atoms with Crippen molar-refractivity contribution in [3.63, 3.8) is 0 Å². The number of fused-ring (bicyclic) bond motifs is 1. The summed E-state index contributed by atoms with van der Waals surface area (Å²) >= 11 is 0. The van der Waals surface area contributed by atoms with Crippen molar-refractivity contribution < 1.29 is 19.5 Å². The summed E-state index contributed by atoms with van der Waals surface area (Å²) in [6.45, 7) is 1.96. The van der Waals surface area contributed by atoms with Crippen molar-refractivity contribution in [2.45, 2.75) is 13.3 Å². The molecule has 0 radical (unpaired) electrons. The van der Waals surface area contributed by atoms with Crippen LogP contribution in [0.25, 0.3) is 0 Å². The standard InChI is InChI=1S/C17H16N2O4/c1-10(20)13-8-15(18(2)9-13)16(21)19-6-5-11-7-12(17(22)23)3-4-14(11)19/h3-4,7-9H,5-6H2,1-2H3,(H,22,23). The van der Waals surface area contributed by atoms with Crippen LogP contribution in [0.1, 0.15) is 43.7 Å². The highest BCUT2D eigenvalue weighted by atomic mass is 16.4. The number of anilines is 1. The summed E-state index contributed by atoms with van der Waals surface area (Å²) in [5.74, 6) is -1.26. The lowest BCUT2D eigenvalue weighted by atomic mass is 10.1. The number of aromatic carboxylic acids is 1. The number of amides is 1. The van der Waals surface area contributed by atoms with Gasteiger partial charge in [0.2, 0.25) is 0 Å². The number of carbonyl (C=O) groups excluding carboxylic acids is 2. The van der Waals surface area contributed by atoms with Crippen LogP contribution in [0.2, 0.25) is 0 Å². The highest BCUT2D eigenvalue weighted by Crippen LogP contribution is 2.30. The highest BCUT2D eigenvalue weighted by Gasteiger charge is 2.28. The van der Waals surface area contributed by atoms with E-state index in [1.807, 2.05) is 0 Å². The maximum atomic E-state index is 12.8. The third kappa shape index (κ3) is 2.52. The van der Waals surface area contributed by atoms with Gasteiger partial charge in [-0.05, 0) is 43.2 Å². The van der Waals surface area contributed by atoms with E-state index in [2.05, 4.69) is 0 Å². The molecule has 3 rings (SSSR count). The lowest BCUT2D eigenvalue weighted by Crippen LogP contribution is -2.30. The maximum Gasteiger partial charge on any atom is 0.335 e. The van der Waals surface area contributed by atoms with E-state index in [-0.39, 0.29) is 17.3 Å². The first-order valence-corrected chi connectivity index (χ1v) is 7.24. The van der Waals surface area contributed by atoms with Crippen molar-refractivity contribution in [1.29, 1.82) is 0 Å². The molecule has 0 fully saturated rings.